The lowest BCUT2D eigenvalue weighted by atomic mass is 10.0. The average Bonchev–Trinajstić information content (AvgIpc) is 2.95. The maximum atomic E-state index is 12.9. The third-order valence-corrected chi connectivity index (χ3v) is 4.38. The van der Waals surface area contributed by atoms with E-state index >= 15 is 0 Å². The summed E-state index contributed by atoms with van der Waals surface area (Å²) < 4.78 is 1.78. The number of hydrogen-bond acceptors (Lipinski definition) is 4. The summed E-state index contributed by atoms with van der Waals surface area (Å²) in [6, 6.07) is 1.02. The van der Waals surface area contributed by atoms with Gasteiger partial charge in [-0.1, -0.05) is 0 Å². The zero-order valence-corrected chi connectivity index (χ0v) is 13.3. The van der Waals surface area contributed by atoms with Gasteiger partial charge in [0.1, 0.15) is 6.04 Å². The minimum Gasteiger partial charge on any atom is -0.480 e. The van der Waals surface area contributed by atoms with Crippen LogP contribution in [0.2, 0.25) is 0 Å². The summed E-state index contributed by atoms with van der Waals surface area (Å²) in [4.78, 5) is 30.2. The molecule has 2 aromatic rings. The molecule has 7 heteroatoms. The zero-order chi connectivity index (χ0) is 16.6. The van der Waals surface area contributed by atoms with Crippen LogP contribution in [0.3, 0.4) is 0 Å². The number of piperidine rings is 1. The summed E-state index contributed by atoms with van der Waals surface area (Å²) in [7, 11) is 0. The SMILES string of the molecule is CCn1ncc2cc(C(=O)N3CCCCC3C(=O)O)c(C)nc21. The molecule has 0 spiro atoms. The number of carboxylic acid groups (broad SMARTS) is 1. The van der Waals surface area contributed by atoms with Gasteiger partial charge >= 0.3 is 5.97 Å². The van der Waals surface area contributed by atoms with Crippen LogP contribution in [0.15, 0.2) is 12.3 Å². The predicted molar refractivity (Wildman–Crippen MR) is 84.3 cm³/mol. The van der Waals surface area contributed by atoms with Crippen molar-refractivity contribution in [2.75, 3.05) is 6.54 Å². The van der Waals surface area contributed by atoms with Crippen molar-refractivity contribution in [3.63, 3.8) is 0 Å². The standard InChI is InChI=1S/C16H20N4O3/c1-3-20-14-11(9-17-20)8-12(10(2)18-14)15(21)19-7-5-4-6-13(19)16(22)23/h8-9,13H,3-7H2,1-2H3,(H,22,23). The summed E-state index contributed by atoms with van der Waals surface area (Å²) in [5.41, 5.74) is 1.81. The van der Waals surface area contributed by atoms with E-state index in [1.807, 2.05) is 6.92 Å². The molecule has 1 atom stereocenters. The number of likely N-dealkylation sites (tertiary alicyclic amines) is 1. The molecule has 0 saturated carbocycles. The second-order valence-corrected chi connectivity index (χ2v) is 5.84. The topological polar surface area (TPSA) is 88.3 Å². The second kappa shape index (κ2) is 5.98. The van der Waals surface area contributed by atoms with Crippen molar-refractivity contribution in [1.29, 1.82) is 0 Å². The number of carboxylic acids is 1. The van der Waals surface area contributed by atoms with Gasteiger partial charge in [-0.15, -0.1) is 0 Å². The Labute approximate surface area is 133 Å². The van der Waals surface area contributed by atoms with Crippen molar-refractivity contribution in [3.8, 4) is 0 Å². The largest absolute Gasteiger partial charge is 0.480 e. The van der Waals surface area contributed by atoms with Gasteiger partial charge in [-0.3, -0.25) is 4.79 Å². The zero-order valence-electron chi connectivity index (χ0n) is 13.3. The highest BCUT2D eigenvalue weighted by molar-refractivity contribution is 6.00. The molecule has 1 amide bonds. The molecule has 1 fully saturated rings. The molecule has 23 heavy (non-hydrogen) atoms. The lowest BCUT2D eigenvalue weighted by molar-refractivity contribution is -0.143. The van der Waals surface area contributed by atoms with E-state index in [0.717, 1.165) is 23.9 Å². The van der Waals surface area contributed by atoms with Gasteiger partial charge in [-0.05, 0) is 39.2 Å². The molecule has 3 rings (SSSR count). The predicted octanol–water partition coefficient (Wildman–Crippen LogP) is 1.84. The molecule has 0 radical (unpaired) electrons. The normalized spacial score (nSPS) is 18.3. The number of pyridine rings is 1. The Hall–Kier alpha value is -2.44. The van der Waals surface area contributed by atoms with Crippen LogP contribution in [-0.2, 0) is 11.3 Å². The van der Waals surface area contributed by atoms with Gasteiger partial charge in [-0.2, -0.15) is 5.10 Å². The molecular formula is C16H20N4O3. The van der Waals surface area contributed by atoms with E-state index in [2.05, 4.69) is 10.1 Å². The highest BCUT2D eigenvalue weighted by Gasteiger charge is 2.33. The fourth-order valence-corrected chi connectivity index (χ4v) is 3.13. The molecule has 3 heterocycles. The molecule has 2 aromatic heterocycles. The highest BCUT2D eigenvalue weighted by Crippen LogP contribution is 2.23. The number of fused-ring (bicyclic) bond motifs is 1. The van der Waals surface area contributed by atoms with E-state index < -0.39 is 12.0 Å². The average molecular weight is 316 g/mol. The minimum atomic E-state index is -0.941. The van der Waals surface area contributed by atoms with Crippen LogP contribution in [0.25, 0.3) is 11.0 Å². The van der Waals surface area contributed by atoms with Crippen LogP contribution in [0.5, 0.6) is 0 Å². The number of nitrogens with zero attached hydrogens (tertiary/aromatic N) is 4. The van der Waals surface area contributed by atoms with Crippen molar-refractivity contribution >= 4 is 22.9 Å². The van der Waals surface area contributed by atoms with E-state index in [0.29, 0.717) is 30.8 Å². The number of hydrogen-bond donors (Lipinski definition) is 1. The molecule has 7 nitrogen and oxygen atoms in total. The van der Waals surface area contributed by atoms with Crippen LogP contribution in [0.1, 0.15) is 42.2 Å². The Balaban J connectivity index is 1.99. The van der Waals surface area contributed by atoms with Crippen LogP contribution in [-0.4, -0.2) is 49.2 Å². The lowest BCUT2D eigenvalue weighted by Gasteiger charge is -2.33. The van der Waals surface area contributed by atoms with Gasteiger partial charge in [0.25, 0.3) is 5.91 Å². The van der Waals surface area contributed by atoms with Crippen LogP contribution in [0.4, 0.5) is 0 Å². The van der Waals surface area contributed by atoms with E-state index in [-0.39, 0.29) is 5.91 Å². The fraction of sp³-hybridized carbons (Fsp3) is 0.500. The number of aryl methyl sites for hydroxylation is 2. The number of aliphatic carboxylic acids is 1. The molecule has 1 aliphatic rings. The highest BCUT2D eigenvalue weighted by atomic mass is 16.4. The summed E-state index contributed by atoms with van der Waals surface area (Å²) >= 11 is 0. The molecule has 1 N–H and O–H groups in total. The summed E-state index contributed by atoms with van der Waals surface area (Å²) in [5, 5.41) is 14.4. The number of carbonyl (C=O) groups excluding carboxylic acids is 1. The number of aromatic nitrogens is 3. The first kappa shape index (κ1) is 15.5. The van der Waals surface area contributed by atoms with E-state index in [4.69, 9.17) is 0 Å². The van der Waals surface area contributed by atoms with Crippen LogP contribution >= 0.6 is 0 Å². The van der Waals surface area contributed by atoms with Gasteiger partial charge in [0, 0.05) is 18.5 Å². The quantitative estimate of drug-likeness (QED) is 0.933. The molecule has 1 saturated heterocycles. The van der Waals surface area contributed by atoms with Gasteiger partial charge in [-0.25, -0.2) is 14.5 Å². The van der Waals surface area contributed by atoms with Crippen LogP contribution in [0, 0.1) is 6.92 Å². The third-order valence-electron chi connectivity index (χ3n) is 4.38. The number of amides is 1. The van der Waals surface area contributed by atoms with Gasteiger partial charge < -0.3 is 10.0 Å². The molecule has 1 aliphatic heterocycles. The first-order valence-electron chi connectivity index (χ1n) is 7.90. The van der Waals surface area contributed by atoms with Crippen molar-refractivity contribution in [2.24, 2.45) is 0 Å². The lowest BCUT2D eigenvalue weighted by Crippen LogP contribution is -2.48. The maximum Gasteiger partial charge on any atom is 0.326 e. The smallest absolute Gasteiger partial charge is 0.326 e. The Morgan fingerprint density at radius 2 is 2.17 bits per heavy atom. The third kappa shape index (κ3) is 2.67. The first-order valence-corrected chi connectivity index (χ1v) is 7.90. The van der Waals surface area contributed by atoms with Gasteiger partial charge in [0.05, 0.1) is 17.5 Å². The van der Waals surface area contributed by atoms with Gasteiger partial charge in [0.15, 0.2) is 5.65 Å². The van der Waals surface area contributed by atoms with E-state index in [1.54, 1.807) is 23.9 Å². The molecule has 0 bridgehead atoms. The molecule has 122 valence electrons. The Kier molecular flexibility index (Phi) is 4.02. The van der Waals surface area contributed by atoms with Crippen molar-refractivity contribution in [2.45, 2.75) is 45.7 Å². The Morgan fingerprint density at radius 3 is 2.87 bits per heavy atom. The summed E-state index contributed by atoms with van der Waals surface area (Å²) in [6.45, 7) is 4.94. The molecule has 1 unspecified atom stereocenters. The Bertz CT molecular complexity index is 768. The van der Waals surface area contributed by atoms with Crippen LogP contribution < -0.4 is 0 Å². The van der Waals surface area contributed by atoms with Crippen molar-refractivity contribution < 1.29 is 14.7 Å². The van der Waals surface area contributed by atoms with E-state index in [9.17, 15) is 14.7 Å². The van der Waals surface area contributed by atoms with Crippen molar-refractivity contribution in [1.82, 2.24) is 19.7 Å². The number of carbonyl (C=O) groups is 2. The minimum absolute atomic E-state index is 0.256. The first-order chi connectivity index (χ1) is 11.0. The van der Waals surface area contributed by atoms with Gasteiger partial charge in [0.2, 0.25) is 0 Å². The summed E-state index contributed by atoms with van der Waals surface area (Å²) in [6.07, 6.45) is 3.86. The molecule has 0 aliphatic carbocycles. The van der Waals surface area contributed by atoms with E-state index in [1.165, 1.54) is 4.90 Å². The number of rotatable bonds is 3. The van der Waals surface area contributed by atoms with Crippen molar-refractivity contribution in [3.05, 3.63) is 23.5 Å². The second-order valence-electron chi connectivity index (χ2n) is 5.84. The summed E-state index contributed by atoms with van der Waals surface area (Å²) in [5.74, 6) is -1.20. The molecule has 0 aromatic carbocycles. The monoisotopic (exact) mass is 316 g/mol. The maximum absolute atomic E-state index is 12.9. The fourth-order valence-electron chi connectivity index (χ4n) is 3.13. The molecular weight excluding hydrogens is 296 g/mol. The Morgan fingerprint density at radius 1 is 1.39 bits per heavy atom.